The molecule has 7 heteroatoms. The molecule has 4 rings (SSSR count). The Kier molecular flexibility index (Phi) is 3.93. The van der Waals surface area contributed by atoms with Crippen LogP contribution in [0.3, 0.4) is 0 Å². The van der Waals surface area contributed by atoms with E-state index in [9.17, 15) is 0 Å². The van der Waals surface area contributed by atoms with Gasteiger partial charge in [-0.2, -0.15) is 9.36 Å². The fourth-order valence-electron chi connectivity index (χ4n) is 2.92. The first-order valence-corrected chi connectivity index (χ1v) is 8.89. The number of fused-ring (bicyclic) bond motifs is 1. The summed E-state index contributed by atoms with van der Waals surface area (Å²) in [5.41, 5.74) is 11.1. The van der Waals surface area contributed by atoms with E-state index in [1.807, 2.05) is 6.20 Å². The average Bonchev–Trinajstić information content (AvgIpc) is 3.20. The molecule has 0 saturated heterocycles. The Bertz CT molecular complexity index is 960. The molecule has 0 fully saturated rings. The van der Waals surface area contributed by atoms with Crippen molar-refractivity contribution >= 4 is 28.9 Å². The summed E-state index contributed by atoms with van der Waals surface area (Å²) in [4.78, 5) is 13.3. The van der Waals surface area contributed by atoms with Crippen LogP contribution in [0.2, 0.25) is 0 Å². The maximum Gasteiger partial charge on any atom is 0.232 e. The molecule has 1 aliphatic rings. The summed E-state index contributed by atoms with van der Waals surface area (Å²) in [6.45, 7) is 4.16. The number of hydrogen-bond acceptors (Lipinski definition) is 7. The SMILES string of the molecule is CC(C)Nc1cncc(C2=CCc3ccc(-c4nc(N)ns4)cc32)n1. The molecule has 0 saturated carbocycles. The van der Waals surface area contributed by atoms with E-state index in [4.69, 9.17) is 10.7 Å². The fourth-order valence-corrected chi connectivity index (χ4v) is 3.50. The molecule has 0 bridgehead atoms. The molecule has 0 amide bonds. The average molecular weight is 350 g/mol. The van der Waals surface area contributed by atoms with E-state index in [-0.39, 0.29) is 0 Å². The first-order valence-electron chi connectivity index (χ1n) is 8.12. The summed E-state index contributed by atoms with van der Waals surface area (Å²) in [5, 5.41) is 4.13. The number of nitrogens with zero attached hydrogens (tertiary/aromatic N) is 4. The second kappa shape index (κ2) is 6.25. The largest absolute Gasteiger partial charge is 0.367 e. The standard InChI is InChI=1S/C18H18N6S/c1-10(2)21-16-9-20-8-15(22-16)13-6-5-11-3-4-12(7-14(11)13)17-23-18(19)24-25-17/h3-4,6-10H,5H2,1-2H3,(H2,19,24)(H,21,22). The van der Waals surface area contributed by atoms with Gasteiger partial charge in [-0.05, 0) is 49.0 Å². The maximum atomic E-state index is 5.66. The summed E-state index contributed by atoms with van der Waals surface area (Å²) < 4.78 is 4.07. The first-order chi connectivity index (χ1) is 12.1. The van der Waals surface area contributed by atoms with Crippen LogP contribution in [0.25, 0.3) is 16.1 Å². The molecule has 2 aromatic heterocycles. The van der Waals surface area contributed by atoms with Gasteiger partial charge >= 0.3 is 0 Å². The summed E-state index contributed by atoms with van der Waals surface area (Å²) in [7, 11) is 0. The lowest BCUT2D eigenvalue weighted by Gasteiger charge is -2.11. The van der Waals surface area contributed by atoms with Crippen LogP contribution < -0.4 is 11.1 Å². The number of allylic oxidation sites excluding steroid dienone is 1. The third-order valence-corrected chi connectivity index (χ3v) is 4.74. The van der Waals surface area contributed by atoms with Crippen molar-refractivity contribution in [3.05, 3.63) is 53.5 Å². The van der Waals surface area contributed by atoms with E-state index in [1.54, 1.807) is 6.20 Å². The van der Waals surface area contributed by atoms with E-state index in [0.717, 1.165) is 34.1 Å². The van der Waals surface area contributed by atoms with Crippen LogP contribution in [0.5, 0.6) is 0 Å². The van der Waals surface area contributed by atoms with Crippen molar-refractivity contribution in [2.75, 3.05) is 11.1 Å². The molecule has 1 aliphatic carbocycles. The predicted octanol–water partition coefficient (Wildman–Crippen LogP) is 3.39. The van der Waals surface area contributed by atoms with E-state index in [2.05, 4.69) is 57.8 Å². The molecule has 25 heavy (non-hydrogen) atoms. The van der Waals surface area contributed by atoms with Gasteiger partial charge in [0.2, 0.25) is 5.95 Å². The predicted molar refractivity (Wildman–Crippen MR) is 101 cm³/mol. The van der Waals surface area contributed by atoms with Crippen LogP contribution in [0.4, 0.5) is 11.8 Å². The van der Waals surface area contributed by atoms with Crippen molar-refractivity contribution in [3.63, 3.8) is 0 Å². The van der Waals surface area contributed by atoms with Crippen LogP contribution in [0.1, 0.15) is 30.7 Å². The lowest BCUT2D eigenvalue weighted by molar-refractivity contribution is 0.884. The molecule has 2 heterocycles. The van der Waals surface area contributed by atoms with E-state index >= 15 is 0 Å². The van der Waals surface area contributed by atoms with Crippen LogP contribution in [-0.2, 0) is 6.42 Å². The highest BCUT2D eigenvalue weighted by Crippen LogP contribution is 2.35. The number of hydrogen-bond donors (Lipinski definition) is 2. The molecular weight excluding hydrogens is 332 g/mol. The van der Waals surface area contributed by atoms with Gasteiger partial charge in [0.15, 0.2) is 0 Å². The maximum absolute atomic E-state index is 5.66. The molecule has 3 aromatic rings. The highest BCUT2D eigenvalue weighted by atomic mass is 32.1. The van der Waals surface area contributed by atoms with E-state index < -0.39 is 0 Å². The van der Waals surface area contributed by atoms with Gasteiger partial charge in [-0.25, -0.2) is 4.98 Å². The highest BCUT2D eigenvalue weighted by Gasteiger charge is 2.19. The van der Waals surface area contributed by atoms with Crippen molar-refractivity contribution in [2.45, 2.75) is 26.3 Å². The zero-order chi connectivity index (χ0) is 17.4. The summed E-state index contributed by atoms with van der Waals surface area (Å²) in [6, 6.07) is 6.65. The van der Waals surface area contributed by atoms with Crippen LogP contribution in [0.15, 0.2) is 36.7 Å². The van der Waals surface area contributed by atoms with Crippen LogP contribution in [0, 0.1) is 0 Å². The zero-order valence-corrected chi connectivity index (χ0v) is 14.8. The van der Waals surface area contributed by atoms with Crippen molar-refractivity contribution in [1.82, 2.24) is 19.3 Å². The van der Waals surface area contributed by atoms with Gasteiger partial charge in [0.25, 0.3) is 0 Å². The third-order valence-electron chi connectivity index (χ3n) is 3.96. The number of rotatable bonds is 4. The van der Waals surface area contributed by atoms with Gasteiger partial charge in [0, 0.05) is 17.2 Å². The minimum absolute atomic E-state index is 0.309. The second-order valence-electron chi connectivity index (χ2n) is 6.24. The minimum Gasteiger partial charge on any atom is -0.367 e. The van der Waals surface area contributed by atoms with Gasteiger partial charge in [-0.3, -0.25) is 4.98 Å². The molecular formula is C18H18N6S. The third kappa shape index (κ3) is 3.10. The Morgan fingerprint density at radius 2 is 2.08 bits per heavy atom. The Morgan fingerprint density at radius 1 is 1.20 bits per heavy atom. The molecule has 3 N–H and O–H groups in total. The van der Waals surface area contributed by atoms with Crippen molar-refractivity contribution < 1.29 is 0 Å². The lowest BCUT2D eigenvalue weighted by atomic mass is 10.0. The molecule has 0 unspecified atom stereocenters. The topological polar surface area (TPSA) is 89.6 Å². The van der Waals surface area contributed by atoms with Gasteiger partial charge in [-0.15, -0.1) is 0 Å². The van der Waals surface area contributed by atoms with Gasteiger partial charge in [0.05, 0.1) is 18.1 Å². The molecule has 126 valence electrons. The Hall–Kier alpha value is -2.80. The minimum atomic E-state index is 0.309. The summed E-state index contributed by atoms with van der Waals surface area (Å²) >= 11 is 1.31. The number of nitrogen functional groups attached to an aromatic ring is 1. The number of aromatic nitrogens is 4. The Balaban J connectivity index is 1.71. The first kappa shape index (κ1) is 15.7. The molecule has 0 radical (unpaired) electrons. The van der Waals surface area contributed by atoms with Gasteiger partial charge in [-0.1, -0.05) is 18.2 Å². The van der Waals surface area contributed by atoms with Crippen LogP contribution >= 0.6 is 11.5 Å². The molecule has 0 atom stereocenters. The number of nitrogens with two attached hydrogens (primary N) is 1. The van der Waals surface area contributed by atoms with Crippen molar-refractivity contribution in [3.8, 4) is 10.6 Å². The number of benzene rings is 1. The van der Waals surface area contributed by atoms with E-state index in [1.165, 1.54) is 22.7 Å². The van der Waals surface area contributed by atoms with Crippen molar-refractivity contribution in [1.29, 1.82) is 0 Å². The molecule has 0 spiro atoms. The van der Waals surface area contributed by atoms with Crippen molar-refractivity contribution in [2.24, 2.45) is 0 Å². The normalized spacial score (nSPS) is 13.0. The smallest absolute Gasteiger partial charge is 0.232 e. The Labute approximate surface area is 150 Å². The zero-order valence-electron chi connectivity index (χ0n) is 14.0. The molecule has 1 aromatic carbocycles. The lowest BCUT2D eigenvalue weighted by Crippen LogP contribution is -2.11. The number of anilines is 2. The highest BCUT2D eigenvalue weighted by molar-refractivity contribution is 7.09. The van der Waals surface area contributed by atoms with Gasteiger partial charge < -0.3 is 11.1 Å². The summed E-state index contributed by atoms with van der Waals surface area (Å²) in [6.07, 6.45) is 6.65. The second-order valence-corrected chi connectivity index (χ2v) is 6.99. The number of nitrogens with one attached hydrogen (secondary N) is 1. The van der Waals surface area contributed by atoms with Gasteiger partial charge in [0.1, 0.15) is 10.8 Å². The van der Waals surface area contributed by atoms with E-state index in [0.29, 0.717) is 12.0 Å². The fraction of sp³-hybridized carbons (Fsp3) is 0.222. The molecule has 0 aliphatic heterocycles. The van der Waals surface area contributed by atoms with Crippen LogP contribution in [-0.4, -0.2) is 25.4 Å². The monoisotopic (exact) mass is 350 g/mol. The summed E-state index contributed by atoms with van der Waals surface area (Å²) in [5.74, 6) is 1.10. The quantitative estimate of drug-likeness (QED) is 0.750. The Morgan fingerprint density at radius 3 is 2.84 bits per heavy atom. The molecule has 6 nitrogen and oxygen atoms in total.